The standard InChI is InChI=1S/C26H19Cl2FN3O2S.K/c1-16(17-2-12-23(13-3-17)35-32-21-8-4-18(27)5-9-21)31-25(33)24-14-19(28)15-30-26(24)34-22-10-6-20(29)7-11-22;/h2-16H,1H3,(H,31,33);/q-1;+1. The maximum atomic E-state index is 13.2. The Labute approximate surface area is 265 Å². The van der Waals surface area contributed by atoms with Gasteiger partial charge in [-0.1, -0.05) is 47.5 Å². The number of pyridine rings is 1. The Balaban J connectivity index is 0.00000361. The molecular formula is C26H19Cl2FKN3O2S. The van der Waals surface area contributed by atoms with Crippen molar-refractivity contribution >= 4 is 46.7 Å². The molecule has 3 aromatic carbocycles. The molecule has 1 N–H and O–H groups in total. The van der Waals surface area contributed by atoms with E-state index in [2.05, 4.69) is 15.0 Å². The molecule has 1 aromatic heterocycles. The minimum absolute atomic E-state index is 0. The molecule has 1 atom stereocenters. The van der Waals surface area contributed by atoms with Crippen molar-refractivity contribution in [3.05, 3.63) is 117 Å². The summed E-state index contributed by atoms with van der Waals surface area (Å²) in [6, 6.07) is 21.6. The van der Waals surface area contributed by atoms with Crippen LogP contribution in [0.25, 0.3) is 4.72 Å². The summed E-state index contributed by atoms with van der Waals surface area (Å²) in [6.07, 6.45) is 1.38. The smallest absolute Gasteiger partial charge is 0.627 e. The molecule has 1 unspecified atom stereocenters. The van der Waals surface area contributed by atoms with Crippen molar-refractivity contribution < 1.29 is 65.3 Å². The molecule has 4 rings (SSSR count). The van der Waals surface area contributed by atoms with E-state index in [1.165, 1.54) is 48.5 Å². The Bertz CT molecular complexity index is 1310. The molecule has 0 spiro atoms. The van der Waals surface area contributed by atoms with Gasteiger partial charge in [-0.05, 0) is 72.0 Å². The number of nitrogens with one attached hydrogen (secondary N) is 1. The molecule has 0 radical (unpaired) electrons. The second kappa shape index (κ2) is 13.8. The Morgan fingerprint density at radius 2 is 1.67 bits per heavy atom. The van der Waals surface area contributed by atoms with Crippen LogP contribution in [0.3, 0.4) is 0 Å². The van der Waals surface area contributed by atoms with Crippen LogP contribution in [-0.4, -0.2) is 10.9 Å². The summed E-state index contributed by atoms with van der Waals surface area (Å²) >= 11 is 13.3. The van der Waals surface area contributed by atoms with Gasteiger partial charge in [0, 0.05) is 11.2 Å². The Morgan fingerprint density at radius 3 is 2.33 bits per heavy atom. The fourth-order valence-corrected chi connectivity index (χ4v) is 3.94. The summed E-state index contributed by atoms with van der Waals surface area (Å²) in [5.74, 6) is -0.376. The summed E-state index contributed by atoms with van der Waals surface area (Å²) < 4.78 is 23.4. The van der Waals surface area contributed by atoms with Crippen LogP contribution < -0.4 is 61.4 Å². The molecule has 0 bridgehead atoms. The first kappa shape index (κ1) is 28.9. The van der Waals surface area contributed by atoms with Crippen LogP contribution in [0.4, 0.5) is 10.1 Å². The summed E-state index contributed by atoms with van der Waals surface area (Å²) in [5.41, 5.74) is 1.89. The Kier molecular flexibility index (Phi) is 11.1. The number of halogens is 3. The normalized spacial score (nSPS) is 11.2. The first-order valence-electron chi connectivity index (χ1n) is 10.5. The molecule has 4 aromatic rings. The number of aromatic nitrogens is 1. The summed E-state index contributed by atoms with van der Waals surface area (Å²) in [6.45, 7) is 1.87. The van der Waals surface area contributed by atoms with E-state index < -0.39 is 11.7 Å². The second-order valence-electron chi connectivity index (χ2n) is 7.49. The van der Waals surface area contributed by atoms with Crippen LogP contribution in [0.2, 0.25) is 10.0 Å². The Morgan fingerprint density at radius 1 is 1.00 bits per heavy atom. The van der Waals surface area contributed by atoms with Gasteiger partial charge in [-0.2, -0.15) is 0 Å². The van der Waals surface area contributed by atoms with Gasteiger partial charge in [0.2, 0.25) is 5.88 Å². The molecule has 1 amide bonds. The van der Waals surface area contributed by atoms with Crippen molar-refractivity contribution in [3.8, 4) is 11.6 Å². The van der Waals surface area contributed by atoms with Gasteiger partial charge in [0.05, 0.1) is 11.1 Å². The molecule has 0 aliphatic rings. The minimum atomic E-state index is -0.402. The van der Waals surface area contributed by atoms with Crippen LogP contribution in [0.15, 0.2) is 90.0 Å². The zero-order chi connectivity index (χ0) is 24.8. The van der Waals surface area contributed by atoms with Gasteiger partial charge in [0.1, 0.15) is 17.1 Å². The topological polar surface area (TPSA) is 65.3 Å². The Hall–Kier alpha value is -1.62. The third-order valence-electron chi connectivity index (χ3n) is 4.90. The van der Waals surface area contributed by atoms with Crippen molar-refractivity contribution in [2.75, 3.05) is 0 Å². The van der Waals surface area contributed by atoms with Crippen LogP contribution in [0, 0.1) is 5.82 Å². The van der Waals surface area contributed by atoms with Crippen molar-refractivity contribution in [1.82, 2.24) is 10.3 Å². The monoisotopic (exact) mass is 565 g/mol. The van der Waals surface area contributed by atoms with Crippen LogP contribution in [0.5, 0.6) is 11.6 Å². The van der Waals surface area contributed by atoms with E-state index in [-0.39, 0.29) is 68.9 Å². The van der Waals surface area contributed by atoms with E-state index in [9.17, 15) is 9.18 Å². The van der Waals surface area contributed by atoms with Gasteiger partial charge in [-0.15, -0.1) is 5.69 Å². The zero-order valence-electron chi connectivity index (χ0n) is 19.4. The van der Waals surface area contributed by atoms with Gasteiger partial charge >= 0.3 is 51.4 Å². The molecular weight excluding hydrogens is 547 g/mol. The van der Waals surface area contributed by atoms with Gasteiger partial charge < -0.3 is 14.8 Å². The number of carbonyl (C=O) groups excluding carboxylic acids is 1. The molecule has 0 saturated heterocycles. The van der Waals surface area contributed by atoms with E-state index in [0.717, 1.165) is 16.1 Å². The molecule has 0 saturated carbocycles. The quantitative estimate of drug-likeness (QED) is 0.225. The van der Waals surface area contributed by atoms with Crippen molar-refractivity contribution in [1.29, 1.82) is 0 Å². The minimum Gasteiger partial charge on any atom is -0.627 e. The number of rotatable bonds is 8. The molecule has 0 aliphatic carbocycles. The van der Waals surface area contributed by atoms with Crippen LogP contribution >= 0.6 is 35.1 Å². The van der Waals surface area contributed by atoms with Crippen LogP contribution in [0.1, 0.15) is 28.9 Å². The summed E-state index contributed by atoms with van der Waals surface area (Å²) in [7, 11) is 0. The van der Waals surface area contributed by atoms with E-state index in [1.807, 2.05) is 43.3 Å². The number of nitrogens with zero attached hydrogens (tertiary/aromatic N) is 2. The van der Waals surface area contributed by atoms with Gasteiger partial charge in [-0.25, -0.2) is 21.3 Å². The van der Waals surface area contributed by atoms with Crippen molar-refractivity contribution in [2.45, 2.75) is 17.9 Å². The van der Waals surface area contributed by atoms with Gasteiger partial charge in [-0.3, -0.25) is 4.79 Å². The van der Waals surface area contributed by atoms with Crippen molar-refractivity contribution in [3.63, 3.8) is 0 Å². The SMILES string of the molecule is CC(NC(=O)c1cc(Cl)cnc1Oc1ccc(F)cc1)c1ccc(S[N-]c2ccc(Cl)cc2)cc1.[K+]. The fourth-order valence-electron chi connectivity index (χ4n) is 3.07. The molecule has 178 valence electrons. The van der Waals surface area contributed by atoms with Gasteiger partial charge in [0.25, 0.3) is 5.91 Å². The summed E-state index contributed by atoms with van der Waals surface area (Å²) in [5, 5.41) is 3.89. The number of hydrogen-bond donors (Lipinski definition) is 1. The predicted octanol–water partition coefficient (Wildman–Crippen LogP) is 5.53. The number of amides is 1. The van der Waals surface area contributed by atoms with E-state index in [0.29, 0.717) is 15.8 Å². The molecule has 36 heavy (non-hydrogen) atoms. The number of hydrogen-bond acceptors (Lipinski definition) is 4. The zero-order valence-corrected chi connectivity index (χ0v) is 24.9. The maximum absolute atomic E-state index is 13.2. The molecule has 5 nitrogen and oxygen atoms in total. The largest absolute Gasteiger partial charge is 1.00 e. The van der Waals surface area contributed by atoms with Gasteiger partial charge in [0.15, 0.2) is 0 Å². The molecule has 10 heteroatoms. The van der Waals surface area contributed by atoms with E-state index >= 15 is 0 Å². The average molecular weight is 567 g/mol. The number of benzene rings is 3. The number of ether oxygens (including phenoxy) is 1. The third kappa shape index (κ3) is 8.19. The average Bonchev–Trinajstić information content (AvgIpc) is 2.86. The third-order valence-corrected chi connectivity index (χ3v) is 6.15. The molecule has 1 heterocycles. The number of carbonyl (C=O) groups is 1. The second-order valence-corrected chi connectivity index (χ2v) is 9.19. The first-order valence-corrected chi connectivity index (χ1v) is 12.0. The summed E-state index contributed by atoms with van der Waals surface area (Å²) in [4.78, 5) is 18.1. The van der Waals surface area contributed by atoms with E-state index in [4.69, 9.17) is 27.9 Å². The van der Waals surface area contributed by atoms with Crippen molar-refractivity contribution in [2.24, 2.45) is 0 Å². The molecule has 0 aliphatic heterocycles. The first-order chi connectivity index (χ1) is 16.9. The molecule has 0 fully saturated rings. The predicted molar refractivity (Wildman–Crippen MR) is 138 cm³/mol. The maximum Gasteiger partial charge on any atom is 1.00 e. The van der Waals surface area contributed by atoms with E-state index in [1.54, 1.807) is 12.1 Å². The van der Waals surface area contributed by atoms with Crippen LogP contribution in [-0.2, 0) is 0 Å². The fraction of sp³-hybridized carbons (Fsp3) is 0.0769.